The summed E-state index contributed by atoms with van der Waals surface area (Å²) in [6.45, 7) is 5.80. The number of allylic oxidation sites excluding steroid dienone is 1. The van der Waals surface area contributed by atoms with Crippen LogP contribution >= 0.6 is 0 Å². The number of hydrogen-bond donors (Lipinski definition) is 0. The lowest BCUT2D eigenvalue weighted by atomic mass is 9.68. The molecule has 7 heteroatoms. The molecule has 0 radical (unpaired) electrons. The molecule has 10 rings (SSSR count). The van der Waals surface area contributed by atoms with Gasteiger partial charge in [-0.3, -0.25) is 4.79 Å². The van der Waals surface area contributed by atoms with Crippen molar-refractivity contribution in [3.05, 3.63) is 194 Å². The first-order valence-electron chi connectivity index (χ1n) is 22.7. The molecule has 0 amide bonds. The zero-order chi connectivity index (χ0) is 43.5. The smallest absolute Gasteiger partial charge is 0.336 e. The van der Waals surface area contributed by atoms with Gasteiger partial charge in [0.15, 0.2) is 12.2 Å². The van der Waals surface area contributed by atoms with Gasteiger partial charge in [-0.25, -0.2) is 9.59 Å². The average molecular weight is 841 g/mol. The fourth-order valence-electron chi connectivity index (χ4n) is 10.4. The topological polar surface area (TPSA) is 92.0 Å². The van der Waals surface area contributed by atoms with Gasteiger partial charge in [0.1, 0.15) is 16.9 Å². The minimum absolute atomic E-state index is 0.0203. The number of aryl methyl sites for hydroxylation is 2. The molecule has 0 unspecified atom stereocenters. The van der Waals surface area contributed by atoms with Crippen molar-refractivity contribution in [2.45, 2.75) is 115 Å². The van der Waals surface area contributed by atoms with E-state index in [4.69, 9.17) is 18.6 Å². The zero-order valence-electron chi connectivity index (χ0n) is 36.5. The van der Waals surface area contributed by atoms with Crippen molar-refractivity contribution < 1.29 is 28.2 Å². The zero-order valence-corrected chi connectivity index (χ0v) is 36.5. The Balaban J connectivity index is 1.10. The van der Waals surface area contributed by atoms with E-state index in [0.717, 1.165) is 49.7 Å². The molecule has 4 aliphatic rings. The third kappa shape index (κ3) is 9.29. The predicted octanol–water partition coefficient (Wildman–Crippen LogP) is 12.1. The van der Waals surface area contributed by atoms with Crippen LogP contribution in [0.4, 0.5) is 0 Å². The van der Waals surface area contributed by atoms with Crippen LogP contribution in [0, 0.1) is 5.92 Å². The minimum Gasteiger partial charge on any atom is -0.483 e. The summed E-state index contributed by atoms with van der Waals surface area (Å²) in [6.07, 6.45) is 4.75. The van der Waals surface area contributed by atoms with Gasteiger partial charge in [-0.15, -0.1) is 0 Å². The van der Waals surface area contributed by atoms with Crippen molar-refractivity contribution in [1.82, 2.24) is 0 Å². The first kappa shape index (κ1) is 42.1. The summed E-state index contributed by atoms with van der Waals surface area (Å²) < 4.78 is 26.3. The highest BCUT2D eigenvalue weighted by Crippen LogP contribution is 2.50. The fourth-order valence-corrected chi connectivity index (χ4v) is 10.4. The van der Waals surface area contributed by atoms with Crippen molar-refractivity contribution in [3.63, 3.8) is 0 Å². The van der Waals surface area contributed by atoms with Crippen LogP contribution < -0.4 is 10.4 Å². The standard InChI is InChI=1S/C56H56O7/c1-36(2)46-27-21-38-19-22-41(23-20-38)47-28-24-44(43-18-10-16-40(33-43)32-39-14-8-5-9-15-39)34-45(47)35-50(58)61-53-51-48(29-25-42-26-30-49(57)60-52(42)51)63-56(3,54(53)62-55(46)59)31-11-17-37-12-6-4-7-13-37/h4-10,12-16,18-20,22-23,25-26,29-30,33,44-45,47,53-54H,11,17,21,24,27-28,31-32,34-35H2,1-3H3/t44-,45+,47+,53+,54+,56+/m1/s1. The van der Waals surface area contributed by atoms with Gasteiger partial charge in [-0.05, 0) is 148 Å². The van der Waals surface area contributed by atoms with Gasteiger partial charge in [-0.1, -0.05) is 115 Å². The van der Waals surface area contributed by atoms with E-state index in [1.54, 1.807) is 6.07 Å². The fraction of sp³-hybridized carbons (Fsp3) is 0.339. The van der Waals surface area contributed by atoms with E-state index in [2.05, 4.69) is 84.9 Å². The molecule has 6 aromatic rings. The lowest BCUT2D eigenvalue weighted by Gasteiger charge is -2.45. The molecular weight excluding hydrogens is 785 g/mol. The number of esters is 2. The van der Waals surface area contributed by atoms with Crippen molar-refractivity contribution in [2.24, 2.45) is 5.92 Å². The Labute approximate surface area is 370 Å². The molecule has 0 spiro atoms. The predicted molar refractivity (Wildman–Crippen MR) is 246 cm³/mol. The third-order valence-electron chi connectivity index (χ3n) is 13.8. The van der Waals surface area contributed by atoms with Gasteiger partial charge in [-0.2, -0.15) is 0 Å². The second kappa shape index (κ2) is 18.3. The maximum absolute atomic E-state index is 14.9. The SMILES string of the molecule is CC(C)=C1CCc2ccc(cc2)[C@@H]2CC[C@@H](c3cccc(Cc4ccccc4)c3)C[C@H]2CC(=O)O[C@H]2c3c(ccc4ccc(=O)oc34)O[C@@](C)(CCCc3ccccc3)[C@H]2OC1=O. The second-order valence-electron chi connectivity index (χ2n) is 18.3. The monoisotopic (exact) mass is 840 g/mol. The molecule has 1 aromatic heterocycles. The number of benzene rings is 5. The van der Waals surface area contributed by atoms with Gasteiger partial charge in [0.25, 0.3) is 0 Å². The van der Waals surface area contributed by atoms with E-state index in [9.17, 15) is 14.4 Å². The van der Waals surface area contributed by atoms with Crippen molar-refractivity contribution in [3.8, 4) is 5.75 Å². The molecule has 63 heavy (non-hydrogen) atoms. The Morgan fingerprint density at radius 2 is 1.44 bits per heavy atom. The van der Waals surface area contributed by atoms with E-state index in [-0.39, 0.29) is 29.8 Å². The lowest BCUT2D eigenvalue weighted by Crippen LogP contribution is -2.54. The second-order valence-corrected chi connectivity index (χ2v) is 18.3. The van der Waals surface area contributed by atoms with Gasteiger partial charge in [0, 0.05) is 23.4 Å². The van der Waals surface area contributed by atoms with Crippen LogP contribution in [0.5, 0.6) is 5.75 Å². The van der Waals surface area contributed by atoms with E-state index in [1.165, 1.54) is 33.9 Å². The largest absolute Gasteiger partial charge is 0.483 e. The minimum atomic E-state index is -1.11. The summed E-state index contributed by atoms with van der Waals surface area (Å²) in [5.41, 5.74) is 7.83. The van der Waals surface area contributed by atoms with Crippen molar-refractivity contribution in [2.75, 3.05) is 0 Å². The van der Waals surface area contributed by atoms with Gasteiger partial charge < -0.3 is 18.6 Å². The molecule has 2 bridgehead atoms. The van der Waals surface area contributed by atoms with E-state index < -0.39 is 35.4 Å². The molecule has 0 saturated heterocycles. The van der Waals surface area contributed by atoms with E-state index in [1.807, 2.05) is 57.2 Å². The summed E-state index contributed by atoms with van der Waals surface area (Å²) >= 11 is 0. The molecule has 322 valence electrons. The van der Waals surface area contributed by atoms with E-state index >= 15 is 0 Å². The Morgan fingerprint density at radius 1 is 0.714 bits per heavy atom. The van der Waals surface area contributed by atoms with Crippen molar-refractivity contribution >= 4 is 22.9 Å². The molecule has 4 heterocycles. The third-order valence-corrected chi connectivity index (χ3v) is 13.8. The summed E-state index contributed by atoms with van der Waals surface area (Å²) in [4.78, 5) is 42.4. The van der Waals surface area contributed by atoms with Crippen LogP contribution in [0.2, 0.25) is 0 Å². The Kier molecular flexibility index (Phi) is 12.2. The number of ether oxygens (including phenoxy) is 3. The normalized spacial score (nSPS) is 23.7. The van der Waals surface area contributed by atoms with Crippen LogP contribution in [0.25, 0.3) is 11.0 Å². The van der Waals surface area contributed by atoms with Crippen LogP contribution in [0.3, 0.4) is 0 Å². The van der Waals surface area contributed by atoms with Crippen LogP contribution in [-0.4, -0.2) is 23.6 Å². The molecule has 3 aliphatic heterocycles. The van der Waals surface area contributed by atoms with Gasteiger partial charge >= 0.3 is 17.6 Å². The number of rotatable bonds is 7. The lowest BCUT2D eigenvalue weighted by molar-refractivity contribution is -0.192. The highest BCUT2D eigenvalue weighted by molar-refractivity contribution is 5.90. The summed E-state index contributed by atoms with van der Waals surface area (Å²) in [6, 6.07) is 45.3. The molecule has 6 atom stereocenters. The maximum Gasteiger partial charge on any atom is 0.336 e. The Hall–Kier alpha value is -6.21. The maximum atomic E-state index is 14.9. The summed E-state index contributed by atoms with van der Waals surface area (Å²) in [7, 11) is 0. The number of carbonyl (C=O) groups excluding carboxylic acids is 2. The van der Waals surface area contributed by atoms with Crippen LogP contribution in [-0.2, 0) is 38.3 Å². The highest BCUT2D eigenvalue weighted by atomic mass is 16.6. The van der Waals surface area contributed by atoms with Crippen LogP contribution in [0.1, 0.15) is 123 Å². The molecule has 1 saturated carbocycles. The Morgan fingerprint density at radius 3 is 2.21 bits per heavy atom. The number of hydrogen-bond acceptors (Lipinski definition) is 7. The van der Waals surface area contributed by atoms with Crippen molar-refractivity contribution in [1.29, 1.82) is 0 Å². The first-order valence-corrected chi connectivity index (χ1v) is 22.7. The average Bonchev–Trinajstić information content (AvgIpc) is 3.28. The molecule has 1 aliphatic carbocycles. The highest BCUT2D eigenvalue weighted by Gasteiger charge is 2.53. The van der Waals surface area contributed by atoms with Crippen LogP contribution in [0.15, 0.2) is 154 Å². The quantitative estimate of drug-likeness (QED) is 0.0898. The first-order chi connectivity index (χ1) is 30.6. The summed E-state index contributed by atoms with van der Waals surface area (Å²) in [5.74, 6) is -0.0346. The molecular formula is C56H56O7. The molecule has 5 aromatic carbocycles. The molecule has 0 N–H and O–H groups in total. The van der Waals surface area contributed by atoms with E-state index in [0.29, 0.717) is 41.5 Å². The molecule has 1 fully saturated rings. The van der Waals surface area contributed by atoms with Gasteiger partial charge in [0.05, 0.1) is 5.56 Å². The van der Waals surface area contributed by atoms with Gasteiger partial charge in [0.2, 0.25) is 0 Å². The Bertz CT molecular complexity index is 2680. The number of carbonyl (C=O) groups is 2. The molecule has 7 nitrogen and oxygen atoms in total. The number of fused-ring (bicyclic) bond motifs is 11. The summed E-state index contributed by atoms with van der Waals surface area (Å²) in [5, 5.41) is 0.649.